The van der Waals surface area contributed by atoms with E-state index in [1.165, 1.54) is 4.31 Å². The number of hydrogen-bond donors (Lipinski definition) is 1. The Labute approximate surface area is 129 Å². The van der Waals surface area contributed by atoms with Crippen molar-refractivity contribution in [3.8, 4) is 0 Å². The Bertz CT molecular complexity index is 683. The molecule has 1 aliphatic heterocycles. The number of hydrogen-bond acceptors (Lipinski definition) is 5. The van der Waals surface area contributed by atoms with Crippen molar-refractivity contribution in [2.75, 3.05) is 13.1 Å². The molecule has 6 nitrogen and oxygen atoms in total. The van der Waals surface area contributed by atoms with Crippen LogP contribution in [0.3, 0.4) is 0 Å². The van der Waals surface area contributed by atoms with Gasteiger partial charge in [0.05, 0.1) is 0 Å². The Morgan fingerprint density at radius 2 is 2.10 bits per heavy atom. The zero-order valence-electron chi connectivity index (χ0n) is 11.4. The van der Waals surface area contributed by atoms with Gasteiger partial charge in [-0.25, -0.2) is 8.42 Å². The van der Waals surface area contributed by atoms with Gasteiger partial charge in [0.1, 0.15) is 5.52 Å². The normalized spacial score (nSPS) is 20.3. The van der Waals surface area contributed by atoms with Crippen LogP contribution in [-0.2, 0) is 10.0 Å². The summed E-state index contributed by atoms with van der Waals surface area (Å²) in [7, 11) is -3.71. The SMILES string of the molecule is Cl.NCC1CCCCN1S(=O)(=O)c1nc2ccccc2o1. The third-order valence-electron chi connectivity index (χ3n) is 3.65. The van der Waals surface area contributed by atoms with Crippen LogP contribution < -0.4 is 5.73 Å². The quantitative estimate of drug-likeness (QED) is 0.925. The van der Waals surface area contributed by atoms with E-state index in [1.54, 1.807) is 24.3 Å². The summed E-state index contributed by atoms with van der Waals surface area (Å²) in [5, 5.41) is -0.237. The number of piperidine rings is 1. The van der Waals surface area contributed by atoms with Crippen molar-refractivity contribution >= 4 is 33.5 Å². The van der Waals surface area contributed by atoms with Crippen molar-refractivity contribution in [2.45, 2.75) is 30.5 Å². The van der Waals surface area contributed by atoms with Crippen molar-refractivity contribution in [1.29, 1.82) is 0 Å². The molecule has 0 saturated carbocycles. The first-order valence-corrected chi connectivity index (χ1v) is 8.14. The van der Waals surface area contributed by atoms with Gasteiger partial charge < -0.3 is 10.2 Å². The summed E-state index contributed by atoms with van der Waals surface area (Å²) >= 11 is 0. The van der Waals surface area contributed by atoms with Gasteiger partial charge in [0.25, 0.3) is 10.0 Å². The van der Waals surface area contributed by atoms with E-state index in [1.807, 2.05) is 0 Å². The number of halogens is 1. The largest absolute Gasteiger partial charge is 0.427 e. The minimum Gasteiger partial charge on any atom is -0.427 e. The predicted octanol–water partition coefficient (Wildman–Crippen LogP) is 1.75. The minimum atomic E-state index is -3.71. The number of rotatable bonds is 3. The van der Waals surface area contributed by atoms with Crippen LogP contribution in [0.1, 0.15) is 19.3 Å². The Morgan fingerprint density at radius 3 is 2.81 bits per heavy atom. The average Bonchev–Trinajstić information content (AvgIpc) is 2.92. The molecule has 1 aliphatic rings. The third-order valence-corrected chi connectivity index (χ3v) is 5.36. The Kier molecular flexibility index (Phi) is 4.88. The van der Waals surface area contributed by atoms with Gasteiger partial charge in [0.2, 0.25) is 0 Å². The van der Waals surface area contributed by atoms with Gasteiger partial charge in [-0.3, -0.25) is 0 Å². The summed E-state index contributed by atoms with van der Waals surface area (Å²) in [6.45, 7) is 0.794. The lowest BCUT2D eigenvalue weighted by molar-refractivity contribution is 0.250. The highest BCUT2D eigenvalue weighted by atomic mass is 35.5. The van der Waals surface area contributed by atoms with Crippen LogP contribution in [0.2, 0.25) is 0 Å². The minimum absolute atomic E-state index is 0. The molecule has 0 bridgehead atoms. The van der Waals surface area contributed by atoms with Gasteiger partial charge in [0, 0.05) is 19.1 Å². The molecule has 1 unspecified atom stereocenters. The molecule has 2 aromatic rings. The smallest absolute Gasteiger partial charge is 0.332 e. The van der Waals surface area contributed by atoms with Crippen molar-refractivity contribution < 1.29 is 12.8 Å². The molecule has 1 saturated heterocycles. The van der Waals surface area contributed by atoms with Gasteiger partial charge >= 0.3 is 5.22 Å². The lowest BCUT2D eigenvalue weighted by Gasteiger charge is -2.32. The summed E-state index contributed by atoms with van der Waals surface area (Å²) in [5.74, 6) is 0. The van der Waals surface area contributed by atoms with Crippen molar-refractivity contribution in [3.63, 3.8) is 0 Å². The maximum atomic E-state index is 12.6. The van der Waals surface area contributed by atoms with Gasteiger partial charge in [-0.1, -0.05) is 18.6 Å². The molecule has 0 radical (unpaired) electrons. The second-order valence-corrected chi connectivity index (χ2v) is 6.72. The molecule has 1 aromatic carbocycles. The number of nitrogens with zero attached hydrogens (tertiary/aromatic N) is 2. The monoisotopic (exact) mass is 331 g/mol. The van der Waals surface area contributed by atoms with Crippen LogP contribution in [0.15, 0.2) is 33.9 Å². The summed E-state index contributed by atoms with van der Waals surface area (Å²) in [6, 6.07) is 6.86. The van der Waals surface area contributed by atoms with Crippen LogP contribution in [0.25, 0.3) is 11.1 Å². The Morgan fingerprint density at radius 1 is 1.33 bits per heavy atom. The van der Waals surface area contributed by atoms with Crippen LogP contribution in [-0.4, -0.2) is 36.8 Å². The van der Waals surface area contributed by atoms with Gasteiger partial charge in [-0.05, 0) is 25.0 Å². The number of aromatic nitrogens is 1. The molecule has 21 heavy (non-hydrogen) atoms. The summed E-state index contributed by atoms with van der Waals surface area (Å²) in [5.41, 5.74) is 6.71. The first-order chi connectivity index (χ1) is 9.63. The first kappa shape index (κ1) is 16.2. The van der Waals surface area contributed by atoms with Crippen LogP contribution >= 0.6 is 12.4 Å². The molecule has 2 heterocycles. The maximum absolute atomic E-state index is 12.6. The summed E-state index contributed by atoms with van der Waals surface area (Å²) < 4.78 is 32.1. The fourth-order valence-electron chi connectivity index (χ4n) is 2.59. The van der Waals surface area contributed by atoms with Crippen molar-refractivity contribution in [2.24, 2.45) is 5.73 Å². The standard InChI is InChI=1S/C13H17N3O3S.ClH/c14-9-10-5-3-4-8-16(10)20(17,18)13-15-11-6-1-2-7-12(11)19-13;/h1-2,6-7,10H,3-5,8-9,14H2;1H. The zero-order chi connectivity index (χ0) is 14.2. The maximum Gasteiger partial charge on any atom is 0.332 e. The average molecular weight is 332 g/mol. The molecule has 1 fully saturated rings. The summed E-state index contributed by atoms with van der Waals surface area (Å²) in [6.07, 6.45) is 2.63. The summed E-state index contributed by atoms with van der Waals surface area (Å²) in [4.78, 5) is 4.09. The second-order valence-electron chi connectivity index (χ2n) is 4.95. The van der Waals surface area contributed by atoms with Crippen LogP contribution in [0.4, 0.5) is 0 Å². The highest BCUT2D eigenvalue weighted by Gasteiger charge is 2.36. The lowest BCUT2D eigenvalue weighted by atomic mass is 10.1. The molecule has 2 N–H and O–H groups in total. The van der Waals surface area contributed by atoms with Gasteiger partial charge in [-0.2, -0.15) is 9.29 Å². The fourth-order valence-corrected chi connectivity index (χ4v) is 4.15. The van der Waals surface area contributed by atoms with Crippen molar-refractivity contribution in [3.05, 3.63) is 24.3 Å². The van der Waals surface area contributed by atoms with E-state index in [4.69, 9.17) is 10.2 Å². The third kappa shape index (κ3) is 2.91. The molecule has 0 spiro atoms. The fraction of sp³-hybridized carbons (Fsp3) is 0.462. The highest BCUT2D eigenvalue weighted by molar-refractivity contribution is 7.88. The molecule has 1 aromatic heterocycles. The van der Waals surface area contributed by atoms with E-state index in [2.05, 4.69) is 4.98 Å². The lowest BCUT2D eigenvalue weighted by Crippen LogP contribution is -2.47. The number of para-hydroxylation sites is 2. The van der Waals surface area contributed by atoms with E-state index < -0.39 is 10.0 Å². The van der Waals surface area contributed by atoms with Gasteiger partial charge in [0.15, 0.2) is 5.58 Å². The van der Waals surface area contributed by atoms with E-state index in [9.17, 15) is 8.42 Å². The predicted molar refractivity (Wildman–Crippen MR) is 81.8 cm³/mol. The molecule has 1 atom stereocenters. The second kappa shape index (κ2) is 6.31. The van der Waals surface area contributed by atoms with Crippen molar-refractivity contribution in [1.82, 2.24) is 9.29 Å². The Hall–Kier alpha value is -1.15. The number of fused-ring (bicyclic) bond motifs is 1. The molecular formula is C13H18ClN3O3S. The molecular weight excluding hydrogens is 314 g/mol. The van der Waals surface area contributed by atoms with E-state index in [0.29, 0.717) is 24.2 Å². The first-order valence-electron chi connectivity index (χ1n) is 6.70. The van der Waals surface area contributed by atoms with E-state index >= 15 is 0 Å². The zero-order valence-corrected chi connectivity index (χ0v) is 13.1. The number of benzene rings is 1. The van der Waals surface area contributed by atoms with E-state index in [-0.39, 0.29) is 23.7 Å². The molecule has 8 heteroatoms. The number of oxazole rings is 1. The number of sulfonamides is 1. The Balaban J connectivity index is 0.00000161. The number of nitrogens with two attached hydrogens (primary N) is 1. The molecule has 3 rings (SSSR count). The molecule has 116 valence electrons. The topological polar surface area (TPSA) is 89.4 Å². The molecule has 0 aliphatic carbocycles. The van der Waals surface area contributed by atoms with Gasteiger partial charge in [-0.15, -0.1) is 12.4 Å². The molecule has 0 amide bonds. The highest BCUT2D eigenvalue weighted by Crippen LogP contribution is 2.26. The van der Waals surface area contributed by atoms with E-state index in [0.717, 1.165) is 19.3 Å². The van der Waals surface area contributed by atoms with Crippen LogP contribution in [0.5, 0.6) is 0 Å². The van der Waals surface area contributed by atoms with Crippen LogP contribution in [0, 0.1) is 0 Å².